The predicted molar refractivity (Wildman–Crippen MR) is 156 cm³/mol. The monoisotopic (exact) mass is 542 g/mol. The highest BCUT2D eigenvalue weighted by Crippen LogP contribution is 2.36. The average Bonchev–Trinajstić information content (AvgIpc) is 3.01. The van der Waals surface area contributed by atoms with Crippen LogP contribution in [-0.4, -0.2) is 98.4 Å². The maximum absolute atomic E-state index is 8.39. The van der Waals surface area contributed by atoms with Crippen molar-refractivity contribution in [1.82, 2.24) is 19.8 Å². The topological polar surface area (TPSA) is 82.4 Å². The molecule has 0 aliphatic carbocycles. The quantitative estimate of drug-likeness (QED) is 0.478. The van der Waals surface area contributed by atoms with E-state index in [0.29, 0.717) is 43.5 Å². The normalized spacial score (nSPS) is 24.1. The van der Waals surface area contributed by atoms with Crippen molar-refractivity contribution >= 4 is 28.8 Å². The highest BCUT2D eigenvalue weighted by Gasteiger charge is 2.28. The average molecular weight is 543 g/mol. The first-order valence-corrected chi connectivity index (χ1v) is 13.6. The summed E-state index contributed by atoms with van der Waals surface area (Å²) in [5.74, 6) is -0.327. The van der Waals surface area contributed by atoms with Crippen LogP contribution in [0.1, 0.15) is 49.2 Å². The Hall–Kier alpha value is -3.13. The Morgan fingerprint density at radius 3 is 2.62 bits per heavy atom. The Balaban J connectivity index is 1.42. The third-order valence-corrected chi connectivity index (χ3v) is 7.86. The van der Waals surface area contributed by atoms with E-state index in [1.54, 1.807) is 12.1 Å². The molecule has 5 rings (SSSR count). The zero-order chi connectivity index (χ0) is 34.0. The van der Waals surface area contributed by atoms with Crippen molar-refractivity contribution in [3.05, 3.63) is 35.3 Å². The lowest BCUT2D eigenvalue weighted by Crippen LogP contribution is -2.52. The molecule has 0 radical (unpaired) electrons. The Kier molecular flexibility index (Phi) is 6.25. The second-order valence-corrected chi connectivity index (χ2v) is 10.3. The molecule has 2 N–H and O–H groups in total. The molecule has 210 valence electrons. The molecule has 10 nitrogen and oxygen atoms in total. The standard InChI is InChI=1S/C29H42N8O2/c1-5-24-27(31-21-10-18-39-19-11-21)34-29(28(30-2)33-24)32-22-6-7-25(26(20-22)38-4)37-12-8-23(9-13-37)36-16-14-35(3)15-17-36/h6-7,20-21,23H,5,8-19H2,1,3-4H3,(H2,31,32,34)/i1D3,4D3,5D2. The molecule has 0 amide bonds. The first-order chi connectivity index (χ1) is 22.1. The van der Waals surface area contributed by atoms with E-state index in [1.807, 2.05) is 0 Å². The van der Waals surface area contributed by atoms with E-state index in [9.17, 15) is 0 Å². The number of aromatic nitrogens is 2. The Bertz CT molecular complexity index is 1430. The van der Waals surface area contributed by atoms with Gasteiger partial charge in [0.05, 0.1) is 16.8 Å². The van der Waals surface area contributed by atoms with Crippen molar-refractivity contribution < 1.29 is 20.4 Å². The van der Waals surface area contributed by atoms with Gasteiger partial charge in [0.1, 0.15) is 5.75 Å². The smallest absolute Gasteiger partial charge is 0.312 e. The lowest BCUT2D eigenvalue weighted by molar-refractivity contribution is 0.0903. The fourth-order valence-electron chi connectivity index (χ4n) is 5.54. The molecule has 3 aliphatic heterocycles. The maximum Gasteiger partial charge on any atom is 0.312 e. The van der Waals surface area contributed by atoms with Crippen LogP contribution in [0, 0.1) is 6.57 Å². The summed E-state index contributed by atoms with van der Waals surface area (Å²) < 4.78 is 74.5. The summed E-state index contributed by atoms with van der Waals surface area (Å²) in [6, 6.07) is 5.33. The largest absolute Gasteiger partial charge is 0.495 e. The van der Waals surface area contributed by atoms with E-state index < -0.39 is 26.0 Å². The molecule has 0 unspecified atom stereocenters. The van der Waals surface area contributed by atoms with Gasteiger partial charge in [-0.25, -0.2) is 4.98 Å². The summed E-state index contributed by atoms with van der Waals surface area (Å²) in [5, 5.41) is 6.15. The fraction of sp³-hybridized carbons (Fsp3) is 0.621. The van der Waals surface area contributed by atoms with E-state index >= 15 is 0 Å². The molecular weight excluding hydrogens is 492 g/mol. The molecule has 4 heterocycles. The predicted octanol–water partition coefficient (Wildman–Crippen LogP) is 4.15. The molecule has 0 saturated carbocycles. The van der Waals surface area contributed by atoms with Crippen LogP contribution in [0.4, 0.5) is 28.8 Å². The summed E-state index contributed by atoms with van der Waals surface area (Å²) in [4.78, 5) is 19.1. The van der Waals surface area contributed by atoms with Crippen LogP contribution in [0.3, 0.4) is 0 Å². The lowest BCUT2D eigenvalue weighted by Gasteiger charge is -2.42. The number of piperidine rings is 1. The lowest BCUT2D eigenvalue weighted by atomic mass is 10.0. The summed E-state index contributed by atoms with van der Waals surface area (Å²) in [7, 11) is -0.575. The summed E-state index contributed by atoms with van der Waals surface area (Å²) in [6.07, 6.45) is 0.176. The summed E-state index contributed by atoms with van der Waals surface area (Å²) in [6.45, 7) is 11.3. The van der Waals surface area contributed by atoms with E-state index in [2.05, 4.69) is 47.2 Å². The van der Waals surface area contributed by atoms with Crippen LogP contribution >= 0.6 is 0 Å². The number of hydrogen-bond acceptors (Lipinski definition) is 9. The highest BCUT2D eigenvalue weighted by atomic mass is 16.5. The number of likely N-dealkylation sites (N-methyl/N-ethyl adjacent to an activating group) is 1. The minimum Gasteiger partial charge on any atom is -0.495 e. The van der Waals surface area contributed by atoms with E-state index in [4.69, 9.17) is 27.0 Å². The number of anilines is 4. The number of piperazine rings is 1. The van der Waals surface area contributed by atoms with Gasteiger partial charge < -0.3 is 34.8 Å². The number of ether oxygens (including phenoxy) is 2. The number of aryl methyl sites for hydroxylation is 1. The van der Waals surface area contributed by atoms with E-state index in [0.717, 1.165) is 52.1 Å². The van der Waals surface area contributed by atoms with Crippen LogP contribution in [-0.2, 0) is 11.1 Å². The van der Waals surface area contributed by atoms with Crippen LogP contribution in [0.2, 0.25) is 0 Å². The van der Waals surface area contributed by atoms with Gasteiger partial charge in [-0.1, -0.05) is 13.4 Å². The van der Waals surface area contributed by atoms with Gasteiger partial charge in [0, 0.05) is 89.5 Å². The van der Waals surface area contributed by atoms with Gasteiger partial charge in [-0.05, 0) is 44.9 Å². The zero-order valence-corrected chi connectivity index (χ0v) is 22.4. The molecule has 2 aromatic rings. The molecule has 1 aromatic carbocycles. The maximum atomic E-state index is 8.39. The first-order valence-electron chi connectivity index (χ1n) is 17.6. The van der Waals surface area contributed by atoms with Gasteiger partial charge in [0.25, 0.3) is 0 Å². The van der Waals surface area contributed by atoms with E-state index in [1.165, 1.54) is 6.07 Å². The van der Waals surface area contributed by atoms with Crippen molar-refractivity contribution in [2.45, 2.75) is 51.0 Å². The summed E-state index contributed by atoms with van der Waals surface area (Å²) in [5.41, 5.74) is 0.522. The molecule has 3 aliphatic rings. The molecule has 3 saturated heterocycles. The van der Waals surface area contributed by atoms with Crippen LogP contribution in [0.15, 0.2) is 18.2 Å². The summed E-state index contributed by atoms with van der Waals surface area (Å²) >= 11 is 0. The van der Waals surface area contributed by atoms with Gasteiger partial charge in [0.15, 0.2) is 17.3 Å². The van der Waals surface area contributed by atoms with Gasteiger partial charge in [0.2, 0.25) is 0 Å². The fourth-order valence-corrected chi connectivity index (χ4v) is 5.54. The molecule has 0 bridgehead atoms. The molecule has 0 spiro atoms. The number of benzene rings is 1. The van der Waals surface area contributed by atoms with E-state index in [-0.39, 0.29) is 29.2 Å². The minimum absolute atomic E-state index is 0.0415. The Morgan fingerprint density at radius 2 is 1.90 bits per heavy atom. The number of nitrogens with zero attached hydrogens (tertiary/aromatic N) is 6. The molecule has 39 heavy (non-hydrogen) atoms. The van der Waals surface area contributed by atoms with Gasteiger partial charge >= 0.3 is 5.82 Å². The molecule has 0 atom stereocenters. The van der Waals surface area contributed by atoms with Gasteiger partial charge in [-0.15, -0.1) is 4.98 Å². The van der Waals surface area contributed by atoms with Gasteiger partial charge in [-0.3, -0.25) is 4.90 Å². The number of hydrogen-bond donors (Lipinski definition) is 2. The van der Waals surface area contributed by atoms with Crippen LogP contribution in [0.25, 0.3) is 4.85 Å². The molecule has 10 heteroatoms. The second-order valence-electron chi connectivity index (χ2n) is 10.3. The molecular formula is C29H42N8O2. The Labute approximate surface area is 243 Å². The van der Waals surface area contributed by atoms with Crippen LogP contribution < -0.4 is 20.3 Å². The number of rotatable bonds is 8. The Morgan fingerprint density at radius 1 is 1.10 bits per heavy atom. The zero-order valence-electron chi connectivity index (χ0n) is 30.4. The number of methoxy groups -OCH3 is 1. The van der Waals surface area contributed by atoms with Crippen molar-refractivity contribution in [2.75, 3.05) is 82.1 Å². The SMILES string of the molecule is [2H]C([2H])([2H])Oc1cc(Nc2nc(NC3CCOCC3)c(C([2H])([2H])C([2H])([2H])[2H])nc2[N+]#[C-])ccc1N1CCC(N2CCN(C)CC2)CC1. The van der Waals surface area contributed by atoms with Crippen LogP contribution in [0.5, 0.6) is 5.75 Å². The van der Waals surface area contributed by atoms with Crippen molar-refractivity contribution in [2.24, 2.45) is 0 Å². The molecule has 1 aromatic heterocycles. The number of nitrogens with one attached hydrogen (secondary N) is 2. The third kappa shape index (κ3) is 6.55. The van der Waals surface area contributed by atoms with Gasteiger partial charge in [-0.2, -0.15) is 0 Å². The molecule has 3 fully saturated rings. The first kappa shape index (κ1) is 19.0. The third-order valence-electron chi connectivity index (χ3n) is 7.86. The second kappa shape index (κ2) is 12.8. The highest BCUT2D eigenvalue weighted by molar-refractivity contribution is 5.74. The van der Waals surface area contributed by atoms with Crippen molar-refractivity contribution in [3.63, 3.8) is 0 Å². The van der Waals surface area contributed by atoms with Crippen molar-refractivity contribution in [1.29, 1.82) is 0 Å². The minimum atomic E-state index is -3.07. The van der Waals surface area contributed by atoms with Crippen molar-refractivity contribution in [3.8, 4) is 5.75 Å².